The average Bonchev–Trinajstić information content (AvgIpc) is 2.34. The molecule has 1 heterocycles. The Bertz CT molecular complexity index is 564. The van der Waals surface area contributed by atoms with Crippen molar-refractivity contribution in [3.8, 4) is 6.01 Å². The van der Waals surface area contributed by atoms with Crippen LogP contribution in [0.3, 0.4) is 0 Å². The molecule has 2 rings (SSSR count). The molecule has 2 aromatic rings. The summed E-state index contributed by atoms with van der Waals surface area (Å²) in [6.07, 6.45) is 0. The SMILES string of the molecule is Cn1c(O)[nH+]c(NCc2ccccc2)cc1=O. The fraction of sp³-hybridized carbons (Fsp3) is 0.167. The van der Waals surface area contributed by atoms with Gasteiger partial charge in [0.1, 0.15) is 0 Å². The third-order valence-corrected chi connectivity index (χ3v) is 2.49. The number of hydrogen-bond acceptors (Lipinski definition) is 3. The monoisotopic (exact) mass is 232 g/mol. The Hall–Kier alpha value is -2.30. The molecule has 0 amide bonds. The summed E-state index contributed by atoms with van der Waals surface area (Å²) in [6.45, 7) is 0.587. The number of hydrogen-bond donors (Lipinski definition) is 2. The predicted molar refractivity (Wildman–Crippen MR) is 63.7 cm³/mol. The highest BCUT2D eigenvalue weighted by Crippen LogP contribution is 2.03. The average molecular weight is 232 g/mol. The Labute approximate surface area is 98.4 Å². The molecule has 3 N–H and O–H groups in total. The van der Waals surface area contributed by atoms with Gasteiger partial charge in [-0.1, -0.05) is 30.3 Å². The minimum atomic E-state index is -0.267. The van der Waals surface area contributed by atoms with E-state index in [0.717, 1.165) is 10.1 Å². The number of aromatic hydroxyl groups is 1. The van der Waals surface area contributed by atoms with Crippen LogP contribution in [0.15, 0.2) is 41.2 Å². The lowest BCUT2D eigenvalue weighted by atomic mass is 10.2. The number of anilines is 1. The fourth-order valence-corrected chi connectivity index (χ4v) is 1.45. The highest BCUT2D eigenvalue weighted by atomic mass is 16.3. The molecule has 0 atom stereocenters. The van der Waals surface area contributed by atoms with E-state index in [1.54, 1.807) is 0 Å². The molecule has 0 saturated heterocycles. The van der Waals surface area contributed by atoms with Crippen molar-refractivity contribution in [2.45, 2.75) is 6.54 Å². The summed E-state index contributed by atoms with van der Waals surface area (Å²) < 4.78 is 1.13. The molecule has 0 aliphatic rings. The Morgan fingerprint density at radius 1 is 1.35 bits per heavy atom. The third-order valence-electron chi connectivity index (χ3n) is 2.49. The summed E-state index contributed by atoms with van der Waals surface area (Å²) in [7, 11) is 1.50. The lowest BCUT2D eigenvalue weighted by Crippen LogP contribution is -2.26. The molecule has 1 aromatic heterocycles. The van der Waals surface area contributed by atoms with E-state index in [9.17, 15) is 9.90 Å². The van der Waals surface area contributed by atoms with Gasteiger partial charge in [0, 0.05) is 0 Å². The number of rotatable bonds is 3. The molecule has 0 aliphatic carbocycles. The van der Waals surface area contributed by atoms with Crippen LogP contribution in [-0.4, -0.2) is 9.67 Å². The van der Waals surface area contributed by atoms with Gasteiger partial charge in [0.15, 0.2) is 0 Å². The van der Waals surface area contributed by atoms with Crippen molar-refractivity contribution in [3.05, 3.63) is 52.3 Å². The van der Waals surface area contributed by atoms with Crippen LogP contribution in [0.1, 0.15) is 5.56 Å². The van der Waals surface area contributed by atoms with Gasteiger partial charge in [-0.25, -0.2) is 4.98 Å². The lowest BCUT2D eigenvalue weighted by molar-refractivity contribution is -0.387. The molecule has 0 aliphatic heterocycles. The third kappa shape index (κ3) is 2.63. The van der Waals surface area contributed by atoms with Gasteiger partial charge in [-0.3, -0.25) is 4.79 Å². The molecule has 88 valence electrons. The van der Waals surface area contributed by atoms with Crippen molar-refractivity contribution < 1.29 is 10.1 Å². The van der Waals surface area contributed by atoms with Gasteiger partial charge in [-0.2, -0.15) is 4.57 Å². The molecular weight excluding hydrogens is 218 g/mol. The van der Waals surface area contributed by atoms with Crippen LogP contribution in [0.5, 0.6) is 6.01 Å². The van der Waals surface area contributed by atoms with Crippen LogP contribution in [0, 0.1) is 0 Å². The number of aromatic amines is 1. The summed E-state index contributed by atoms with van der Waals surface area (Å²) in [5, 5.41) is 12.5. The van der Waals surface area contributed by atoms with Crippen LogP contribution in [-0.2, 0) is 13.6 Å². The summed E-state index contributed by atoms with van der Waals surface area (Å²) in [5.74, 6) is 0.495. The first-order valence-corrected chi connectivity index (χ1v) is 5.27. The van der Waals surface area contributed by atoms with Gasteiger partial charge < -0.3 is 10.4 Å². The Balaban J connectivity index is 2.13. The van der Waals surface area contributed by atoms with Crippen LogP contribution in [0.2, 0.25) is 0 Å². The maximum Gasteiger partial charge on any atom is 0.397 e. The van der Waals surface area contributed by atoms with Gasteiger partial charge in [-0.15, -0.1) is 0 Å². The van der Waals surface area contributed by atoms with Crippen molar-refractivity contribution in [2.24, 2.45) is 7.05 Å². The molecule has 0 radical (unpaired) electrons. The van der Waals surface area contributed by atoms with E-state index in [4.69, 9.17) is 0 Å². The lowest BCUT2D eigenvalue weighted by Gasteiger charge is -2.02. The second kappa shape index (κ2) is 4.69. The second-order valence-electron chi connectivity index (χ2n) is 3.74. The van der Waals surface area contributed by atoms with Crippen molar-refractivity contribution in [2.75, 3.05) is 5.32 Å². The second-order valence-corrected chi connectivity index (χ2v) is 3.74. The molecule has 0 unspecified atom stereocenters. The summed E-state index contributed by atoms with van der Waals surface area (Å²) in [4.78, 5) is 14.1. The number of nitrogens with one attached hydrogen (secondary N) is 2. The zero-order valence-electron chi connectivity index (χ0n) is 9.47. The minimum Gasteiger partial charge on any atom is -0.458 e. The number of benzene rings is 1. The first-order chi connectivity index (χ1) is 8.16. The zero-order valence-corrected chi connectivity index (χ0v) is 9.47. The van der Waals surface area contributed by atoms with E-state index in [2.05, 4.69) is 10.3 Å². The van der Waals surface area contributed by atoms with Crippen LogP contribution >= 0.6 is 0 Å². The van der Waals surface area contributed by atoms with Crippen molar-refractivity contribution in [1.82, 2.24) is 4.57 Å². The fourth-order valence-electron chi connectivity index (χ4n) is 1.45. The molecule has 0 spiro atoms. The number of aromatic nitrogens is 2. The molecule has 17 heavy (non-hydrogen) atoms. The molecule has 5 nitrogen and oxygen atoms in total. The van der Waals surface area contributed by atoms with Crippen molar-refractivity contribution in [1.29, 1.82) is 0 Å². The van der Waals surface area contributed by atoms with Crippen LogP contribution < -0.4 is 15.9 Å². The highest BCUT2D eigenvalue weighted by Gasteiger charge is 2.08. The van der Waals surface area contributed by atoms with Gasteiger partial charge in [-0.05, 0) is 5.56 Å². The highest BCUT2D eigenvalue weighted by molar-refractivity contribution is 5.29. The van der Waals surface area contributed by atoms with Crippen molar-refractivity contribution >= 4 is 5.82 Å². The van der Waals surface area contributed by atoms with Crippen LogP contribution in [0.25, 0.3) is 0 Å². The summed E-state index contributed by atoms with van der Waals surface area (Å²) in [5.41, 5.74) is 0.831. The van der Waals surface area contributed by atoms with Gasteiger partial charge in [0.05, 0.1) is 19.7 Å². The first kappa shape index (κ1) is 11.2. The van der Waals surface area contributed by atoms with Gasteiger partial charge in [0.25, 0.3) is 0 Å². The van der Waals surface area contributed by atoms with E-state index in [0.29, 0.717) is 12.4 Å². The van der Waals surface area contributed by atoms with E-state index in [-0.39, 0.29) is 11.6 Å². The predicted octanol–water partition coefficient (Wildman–Crippen LogP) is 0.517. The summed E-state index contributed by atoms with van der Waals surface area (Å²) >= 11 is 0. The Morgan fingerprint density at radius 3 is 2.71 bits per heavy atom. The maximum atomic E-state index is 11.4. The van der Waals surface area contributed by atoms with Crippen molar-refractivity contribution in [3.63, 3.8) is 0 Å². The van der Waals surface area contributed by atoms with E-state index < -0.39 is 0 Å². The molecule has 0 saturated carbocycles. The number of nitrogens with zero attached hydrogens (tertiary/aromatic N) is 1. The van der Waals surface area contributed by atoms with Gasteiger partial charge >= 0.3 is 11.6 Å². The maximum absolute atomic E-state index is 11.4. The minimum absolute atomic E-state index is 0.173. The topological polar surface area (TPSA) is 68.4 Å². The first-order valence-electron chi connectivity index (χ1n) is 5.27. The quantitative estimate of drug-likeness (QED) is 0.810. The molecule has 0 fully saturated rings. The Morgan fingerprint density at radius 2 is 2.06 bits per heavy atom. The smallest absolute Gasteiger partial charge is 0.397 e. The zero-order chi connectivity index (χ0) is 12.3. The van der Waals surface area contributed by atoms with Crippen LogP contribution in [0.4, 0.5) is 5.82 Å². The van der Waals surface area contributed by atoms with E-state index >= 15 is 0 Å². The molecule has 1 aromatic carbocycles. The molecular formula is C12H14N3O2+. The van der Waals surface area contributed by atoms with E-state index in [1.807, 2.05) is 30.3 Å². The number of H-pyrrole nitrogens is 1. The summed E-state index contributed by atoms with van der Waals surface area (Å²) in [6, 6.07) is 11.0. The van der Waals surface area contributed by atoms with E-state index in [1.165, 1.54) is 13.1 Å². The molecule has 0 bridgehead atoms. The molecule has 5 heteroatoms. The standard InChI is InChI=1S/C12H13N3O2/c1-15-11(16)7-10(14-12(15)17)13-8-9-5-3-2-4-6-9/h2-7,13H,8H2,1H3,(H,14,17)/p+1. The normalized spacial score (nSPS) is 10.2. The Kier molecular flexibility index (Phi) is 3.09. The largest absolute Gasteiger partial charge is 0.458 e. The van der Waals surface area contributed by atoms with Gasteiger partial charge in [0.2, 0.25) is 5.82 Å².